The third kappa shape index (κ3) is 4.62. The Morgan fingerprint density at radius 2 is 1.93 bits per heavy atom. The third-order valence-electron chi connectivity index (χ3n) is 3.70. The van der Waals surface area contributed by atoms with Gasteiger partial charge in [-0.15, -0.1) is 0 Å². The van der Waals surface area contributed by atoms with Gasteiger partial charge in [-0.25, -0.2) is 13.2 Å². The van der Waals surface area contributed by atoms with Crippen LogP contribution in [0.2, 0.25) is 0 Å². The molecule has 0 amide bonds. The van der Waals surface area contributed by atoms with E-state index in [2.05, 4.69) is 0 Å². The van der Waals surface area contributed by atoms with Crippen molar-refractivity contribution in [3.8, 4) is 11.8 Å². The monoisotopic (exact) mass is 390 g/mol. The Morgan fingerprint density at radius 3 is 2.56 bits per heavy atom. The Kier molecular flexibility index (Phi) is 6.52. The number of hydroxylamine groups is 1. The first kappa shape index (κ1) is 20.4. The van der Waals surface area contributed by atoms with Crippen LogP contribution in [0.25, 0.3) is 0 Å². The zero-order chi connectivity index (χ0) is 20.0. The highest BCUT2D eigenvalue weighted by Gasteiger charge is 2.26. The number of hydrogen-bond donors (Lipinski definition) is 0. The van der Waals surface area contributed by atoms with Crippen molar-refractivity contribution in [1.82, 2.24) is 4.47 Å². The van der Waals surface area contributed by atoms with Gasteiger partial charge < -0.3 is 9.47 Å². The Labute approximate surface area is 157 Å². The molecule has 0 heterocycles. The van der Waals surface area contributed by atoms with Crippen LogP contribution in [-0.2, 0) is 26.2 Å². The minimum atomic E-state index is -4.02. The summed E-state index contributed by atoms with van der Waals surface area (Å²) in [5.41, 5.74) is 1.13. The third-order valence-corrected chi connectivity index (χ3v) is 5.40. The highest BCUT2D eigenvalue weighted by atomic mass is 32.2. The van der Waals surface area contributed by atoms with Gasteiger partial charge in [0.25, 0.3) is 10.0 Å². The predicted octanol–water partition coefficient (Wildman–Crippen LogP) is 2.11. The van der Waals surface area contributed by atoms with Crippen LogP contribution < -0.4 is 4.74 Å². The summed E-state index contributed by atoms with van der Waals surface area (Å²) in [4.78, 5) is 16.8. The topological polar surface area (TPSA) is 106 Å². The highest BCUT2D eigenvalue weighted by molar-refractivity contribution is 7.89. The van der Waals surface area contributed by atoms with Crippen LogP contribution in [0.4, 0.5) is 0 Å². The summed E-state index contributed by atoms with van der Waals surface area (Å²) in [5, 5.41) is 8.90. The molecular weight excluding hydrogens is 372 g/mol. The summed E-state index contributed by atoms with van der Waals surface area (Å²) < 4.78 is 36.0. The van der Waals surface area contributed by atoms with E-state index in [0.29, 0.717) is 15.6 Å². The van der Waals surface area contributed by atoms with Gasteiger partial charge in [0, 0.05) is 7.05 Å². The highest BCUT2D eigenvalue weighted by Crippen LogP contribution is 2.27. The molecule has 0 spiro atoms. The summed E-state index contributed by atoms with van der Waals surface area (Å²) in [7, 11) is -0.271. The zero-order valence-corrected chi connectivity index (χ0v) is 15.8. The second-order valence-corrected chi connectivity index (χ2v) is 7.26. The molecule has 0 saturated carbocycles. The molecule has 0 fully saturated rings. The van der Waals surface area contributed by atoms with E-state index in [4.69, 9.17) is 19.6 Å². The largest absolute Gasteiger partial charge is 0.495 e. The molecule has 0 aromatic heterocycles. The van der Waals surface area contributed by atoms with Gasteiger partial charge in [0.1, 0.15) is 17.3 Å². The summed E-state index contributed by atoms with van der Waals surface area (Å²) in [6.45, 7) is -0.0551. The first-order chi connectivity index (χ1) is 12.8. The molecule has 0 unspecified atom stereocenters. The van der Waals surface area contributed by atoms with E-state index in [1.54, 1.807) is 24.3 Å². The second kappa shape index (κ2) is 8.64. The lowest BCUT2D eigenvalue weighted by molar-refractivity contribution is -0.0259. The lowest BCUT2D eigenvalue weighted by atomic mass is 10.1. The van der Waals surface area contributed by atoms with E-state index in [0.717, 1.165) is 6.07 Å². The van der Waals surface area contributed by atoms with Crippen molar-refractivity contribution in [2.24, 2.45) is 0 Å². The van der Waals surface area contributed by atoms with E-state index in [9.17, 15) is 13.2 Å². The molecule has 9 heteroatoms. The maximum absolute atomic E-state index is 12.5. The van der Waals surface area contributed by atoms with Gasteiger partial charge in [0.05, 0.1) is 31.4 Å². The van der Waals surface area contributed by atoms with Crippen LogP contribution >= 0.6 is 0 Å². The first-order valence-electron chi connectivity index (χ1n) is 7.70. The van der Waals surface area contributed by atoms with Gasteiger partial charge in [-0.3, -0.25) is 4.84 Å². The van der Waals surface area contributed by atoms with Crippen LogP contribution in [0.1, 0.15) is 21.5 Å². The number of rotatable bonds is 7. The van der Waals surface area contributed by atoms with Crippen LogP contribution in [-0.4, -0.2) is 40.1 Å². The van der Waals surface area contributed by atoms with Crippen molar-refractivity contribution < 1.29 is 27.5 Å². The molecule has 0 saturated heterocycles. The predicted molar refractivity (Wildman–Crippen MR) is 95.2 cm³/mol. The van der Waals surface area contributed by atoms with Gasteiger partial charge in [-0.2, -0.15) is 5.26 Å². The van der Waals surface area contributed by atoms with Crippen molar-refractivity contribution >= 4 is 16.0 Å². The number of ether oxygens (including phenoxy) is 2. The number of nitrogens with zero attached hydrogens (tertiary/aromatic N) is 2. The number of sulfonamides is 1. The molecule has 0 radical (unpaired) electrons. The summed E-state index contributed by atoms with van der Waals surface area (Å²) in [6.07, 6.45) is 0. The molecular formula is C18H18N2O6S. The Balaban J connectivity index is 2.26. The fourth-order valence-corrected chi connectivity index (χ4v) is 3.36. The molecule has 0 atom stereocenters. The fraction of sp³-hybridized carbons (Fsp3) is 0.222. The zero-order valence-electron chi connectivity index (χ0n) is 15.0. The maximum Gasteiger partial charge on any atom is 0.338 e. The maximum atomic E-state index is 12.5. The van der Waals surface area contributed by atoms with Crippen LogP contribution in [0, 0.1) is 11.3 Å². The normalized spacial score (nSPS) is 11.1. The van der Waals surface area contributed by atoms with Crippen molar-refractivity contribution in [1.29, 1.82) is 5.26 Å². The molecule has 8 nitrogen and oxygen atoms in total. The molecule has 2 aromatic carbocycles. The molecule has 27 heavy (non-hydrogen) atoms. The van der Waals surface area contributed by atoms with E-state index in [1.807, 2.05) is 6.07 Å². The number of esters is 1. The lowest BCUT2D eigenvalue weighted by Gasteiger charge is -2.17. The minimum Gasteiger partial charge on any atom is -0.495 e. The molecule has 0 aliphatic carbocycles. The Hall–Kier alpha value is -2.93. The second-order valence-electron chi connectivity index (χ2n) is 5.35. The van der Waals surface area contributed by atoms with E-state index < -0.39 is 16.0 Å². The Bertz CT molecular complexity index is 982. The quantitative estimate of drug-likeness (QED) is 0.526. The van der Waals surface area contributed by atoms with Crippen LogP contribution in [0.3, 0.4) is 0 Å². The molecule has 2 rings (SSSR count). The fourth-order valence-electron chi connectivity index (χ4n) is 2.20. The summed E-state index contributed by atoms with van der Waals surface area (Å²) >= 11 is 0. The average Bonchev–Trinajstić information content (AvgIpc) is 2.70. The van der Waals surface area contributed by atoms with Gasteiger partial charge >= 0.3 is 5.97 Å². The first-order valence-corrected chi connectivity index (χ1v) is 9.14. The van der Waals surface area contributed by atoms with Crippen LogP contribution in [0.5, 0.6) is 5.75 Å². The van der Waals surface area contributed by atoms with Gasteiger partial charge in [0.2, 0.25) is 0 Å². The van der Waals surface area contributed by atoms with Crippen LogP contribution in [0.15, 0.2) is 47.4 Å². The molecule has 142 valence electrons. The van der Waals surface area contributed by atoms with Crippen molar-refractivity contribution in [3.63, 3.8) is 0 Å². The molecule has 0 N–H and O–H groups in total. The molecule has 0 aliphatic rings. The molecule has 0 bridgehead atoms. The number of nitriles is 1. The SMILES string of the molecule is COc1ccc(C(=O)OCc2cccc(C#N)c2)cc1S(=O)(=O)N(C)OC. The number of hydrogen-bond acceptors (Lipinski definition) is 7. The van der Waals surface area contributed by atoms with Gasteiger partial charge in [-0.05, 0) is 35.9 Å². The van der Waals surface area contributed by atoms with Crippen molar-refractivity contribution in [2.75, 3.05) is 21.3 Å². The summed E-state index contributed by atoms with van der Waals surface area (Å²) in [5.74, 6) is -0.645. The van der Waals surface area contributed by atoms with Crippen molar-refractivity contribution in [2.45, 2.75) is 11.5 Å². The Morgan fingerprint density at radius 1 is 1.19 bits per heavy atom. The summed E-state index contributed by atoms with van der Waals surface area (Å²) in [6, 6.07) is 12.6. The number of methoxy groups -OCH3 is 1. The van der Waals surface area contributed by atoms with Crippen molar-refractivity contribution in [3.05, 3.63) is 59.2 Å². The molecule has 2 aromatic rings. The number of benzene rings is 2. The van der Waals surface area contributed by atoms with E-state index in [1.165, 1.54) is 33.4 Å². The van der Waals surface area contributed by atoms with E-state index in [-0.39, 0.29) is 22.8 Å². The van der Waals surface area contributed by atoms with Gasteiger partial charge in [0.15, 0.2) is 0 Å². The lowest BCUT2D eigenvalue weighted by Crippen LogP contribution is -2.26. The minimum absolute atomic E-state index is 0.0373. The standard InChI is InChI=1S/C18H18N2O6S/c1-20(25-3)27(22,23)17-10-15(7-8-16(17)24-2)18(21)26-12-14-6-4-5-13(9-14)11-19/h4-10H,12H2,1-3H3. The van der Waals surface area contributed by atoms with Gasteiger partial charge in [-0.1, -0.05) is 16.6 Å². The average molecular weight is 390 g/mol. The molecule has 0 aliphatic heterocycles. The van der Waals surface area contributed by atoms with E-state index >= 15 is 0 Å². The number of carbonyl (C=O) groups is 1. The number of carbonyl (C=O) groups excluding carboxylic acids is 1. The smallest absolute Gasteiger partial charge is 0.338 e.